The second kappa shape index (κ2) is 8.46. The van der Waals surface area contributed by atoms with Gasteiger partial charge >= 0.3 is 6.36 Å². The molecule has 0 saturated carbocycles. The fourth-order valence-electron chi connectivity index (χ4n) is 3.50. The monoisotopic (exact) mass is 452 g/mol. The third-order valence-electron chi connectivity index (χ3n) is 5.25. The van der Waals surface area contributed by atoms with Crippen LogP contribution in [0.5, 0.6) is 5.75 Å². The molecule has 0 bridgehead atoms. The lowest BCUT2D eigenvalue weighted by Gasteiger charge is -2.17. The summed E-state index contributed by atoms with van der Waals surface area (Å²) in [6, 6.07) is 18.9. The van der Waals surface area contributed by atoms with Crippen LogP contribution in [0.3, 0.4) is 0 Å². The molecule has 0 spiro atoms. The van der Waals surface area contributed by atoms with Crippen LogP contribution < -0.4 is 15.0 Å². The number of halogens is 3. The fraction of sp³-hybridized carbons (Fsp3) is 0.120. The molecule has 0 radical (unpaired) electrons. The lowest BCUT2D eigenvalue weighted by atomic mass is 10.0. The average Bonchev–Trinajstić information content (AvgIpc) is 3.00. The van der Waals surface area contributed by atoms with Crippen molar-refractivity contribution in [3.63, 3.8) is 0 Å². The van der Waals surface area contributed by atoms with Gasteiger partial charge in [-0.1, -0.05) is 36.4 Å². The number of carbonyl (C=O) groups excluding carboxylic acids is 2. The van der Waals surface area contributed by atoms with Gasteiger partial charge in [-0.05, 0) is 66.9 Å². The maximum Gasteiger partial charge on any atom is 0.573 e. The second-order valence-electron chi connectivity index (χ2n) is 7.53. The molecule has 33 heavy (non-hydrogen) atoms. The van der Waals surface area contributed by atoms with Crippen LogP contribution >= 0.6 is 0 Å². The van der Waals surface area contributed by atoms with Crippen LogP contribution in [0.15, 0.2) is 78.5 Å². The Kier molecular flexibility index (Phi) is 5.68. The normalized spacial score (nSPS) is 14.2. The van der Waals surface area contributed by atoms with Gasteiger partial charge in [-0.15, -0.1) is 13.2 Å². The first-order valence-electron chi connectivity index (χ1n) is 10.0. The van der Waals surface area contributed by atoms with Crippen molar-refractivity contribution in [3.05, 3.63) is 95.2 Å². The minimum Gasteiger partial charge on any atom is -0.406 e. The lowest BCUT2D eigenvalue weighted by Crippen LogP contribution is -2.32. The van der Waals surface area contributed by atoms with E-state index in [2.05, 4.69) is 10.1 Å². The second-order valence-corrected chi connectivity index (χ2v) is 7.53. The number of nitrogens with zero attached hydrogens (tertiary/aromatic N) is 1. The maximum absolute atomic E-state index is 13.4. The van der Waals surface area contributed by atoms with Crippen LogP contribution in [0.25, 0.3) is 5.57 Å². The number of hydrogen-bond acceptors (Lipinski definition) is 4. The number of aryl methyl sites for hydroxylation is 2. The van der Waals surface area contributed by atoms with Gasteiger partial charge in [0.2, 0.25) is 0 Å². The number of hydrogen-bond donors (Lipinski definition) is 1. The molecule has 4 rings (SSSR count). The van der Waals surface area contributed by atoms with E-state index in [0.717, 1.165) is 28.2 Å². The molecule has 0 aliphatic carbocycles. The third kappa shape index (κ3) is 4.59. The zero-order valence-corrected chi connectivity index (χ0v) is 17.7. The highest BCUT2D eigenvalue weighted by atomic mass is 19.4. The Balaban J connectivity index is 1.72. The first-order chi connectivity index (χ1) is 15.6. The van der Waals surface area contributed by atoms with Gasteiger partial charge in [0.1, 0.15) is 11.4 Å². The van der Waals surface area contributed by atoms with Crippen LogP contribution in [0.2, 0.25) is 0 Å². The summed E-state index contributed by atoms with van der Waals surface area (Å²) in [5.41, 5.74) is 3.47. The largest absolute Gasteiger partial charge is 0.573 e. The molecule has 2 amide bonds. The quantitative estimate of drug-likeness (QED) is 0.512. The van der Waals surface area contributed by atoms with Crippen LogP contribution in [-0.2, 0) is 9.59 Å². The number of imide groups is 1. The minimum absolute atomic E-state index is 0.0360. The molecular weight excluding hydrogens is 433 g/mol. The smallest absolute Gasteiger partial charge is 0.406 e. The zero-order valence-electron chi connectivity index (χ0n) is 17.7. The van der Waals surface area contributed by atoms with Crippen molar-refractivity contribution in [2.45, 2.75) is 20.2 Å². The molecule has 0 saturated heterocycles. The molecule has 3 aromatic carbocycles. The molecule has 8 heteroatoms. The maximum atomic E-state index is 13.4. The summed E-state index contributed by atoms with van der Waals surface area (Å²) in [6.07, 6.45) is -4.81. The van der Waals surface area contributed by atoms with E-state index in [9.17, 15) is 22.8 Å². The Morgan fingerprint density at radius 3 is 2.09 bits per heavy atom. The minimum atomic E-state index is -4.81. The Morgan fingerprint density at radius 1 is 0.818 bits per heavy atom. The van der Waals surface area contributed by atoms with E-state index in [0.29, 0.717) is 16.9 Å². The fourth-order valence-corrected chi connectivity index (χ4v) is 3.50. The van der Waals surface area contributed by atoms with Gasteiger partial charge in [-0.25, -0.2) is 4.90 Å². The van der Waals surface area contributed by atoms with E-state index < -0.39 is 23.9 Å². The first kappa shape index (κ1) is 22.1. The van der Waals surface area contributed by atoms with Crippen LogP contribution in [0.1, 0.15) is 16.7 Å². The van der Waals surface area contributed by atoms with E-state index in [1.807, 2.05) is 19.9 Å². The highest BCUT2D eigenvalue weighted by Gasteiger charge is 2.40. The molecule has 3 aromatic rings. The highest BCUT2D eigenvalue weighted by molar-refractivity contribution is 6.46. The number of ether oxygens (including phenoxy) is 1. The average molecular weight is 452 g/mol. The van der Waals surface area contributed by atoms with E-state index in [1.54, 1.807) is 42.5 Å². The van der Waals surface area contributed by atoms with E-state index in [1.165, 1.54) is 12.1 Å². The molecular formula is C25H19F3N2O3. The van der Waals surface area contributed by atoms with Crippen molar-refractivity contribution in [1.82, 2.24) is 0 Å². The highest BCUT2D eigenvalue weighted by Crippen LogP contribution is 2.34. The predicted molar refractivity (Wildman–Crippen MR) is 119 cm³/mol. The Bertz CT molecular complexity index is 1250. The van der Waals surface area contributed by atoms with Gasteiger partial charge in [0.25, 0.3) is 11.8 Å². The van der Waals surface area contributed by atoms with E-state index in [4.69, 9.17) is 0 Å². The third-order valence-corrected chi connectivity index (χ3v) is 5.25. The number of nitrogens with one attached hydrogen (secondary N) is 1. The van der Waals surface area contributed by atoms with Crippen LogP contribution in [-0.4, -0.2) is 18.2 Å². The van der Waals surface area contributed by atoms with E-state index in [-0.39, 0.29) is 11.3 Å². The van der Waals surface area contributed by atoms with Gasteiger partial charge < -0.3 is 10.1 Å². The standard InChI is InChI=1S/C25H19F3N2O3/c1-15-8-11-19(14-16(15)2)30-23(31)21(17-6-4-3-5-7-17)22(24(30)32)29-18-9-12-20(13-10-18)33-25(26,27)28/h3-14,29H,1-2H3. The zero-order chi connectivity index (χ0) is 23.8. The summed E-state index contributed by atoms with van der Waals surface area (Å²) in [5.74, 6) is -1.44. The van der Waals surface area contributed by atoms with Crippen LogP contribution in [0, 0.1) is 13.8 Å². The van der Waals surface area contributed by atoms with Crippen molar-refractivity contribution in [2.24, 2.45) is 0 Å². The molecule has 1 heterocycles. The summed E-state index contributed by atoms with van der Waals surface area (Å²) in [5, 5.41) is 2.92. The van der Waals surface area contributed by atoms with Crippen molar-refractivity contribution >= 4 is 28.8 Å². The molecule has 0 fully saturated rings. The molecule has 0 atom stereocenters. The van der Waals surface area contributed by atoms with Crippen LogP contribution in [0.4, 0.5) is 24.5 Å². The molecule has 5 nitrogen and oxygen atoms in total. The number of alkyl halides is 3. The summed E-state index contributed by atoms with van der Waals surface area (Å²) in [6.45, 7) is 3.82. The van der Waals surface area contributed by atoms with Gasteiger partial charge in [-0.2, -0.15) is 0 Å². The molecule has 1 N–H and O–H groups in total. The topological polar surface area (TPSA) is 58.6 Å². The summed E-state index contributed by atoms with van der Waals surface area (Å²) in [4.78, 5) is 27.8. The number of rotatable bonds is 5. The molecule has 168 valence electrons. The van der Waals surface area contributed by atoms with Crippen molar-refractivity contribution < 1.29 is 27.5 Å². The van der Waals surface area contributed by atoms with E-state index >= 15 is 0 Å². The predicted octanol–water partition coefficient (Wildman–Crippen LogP) is 5.60. The van der Waals surface area contributed by atoms with Crippen molar-refractivity contribution in [3.8, 4) is 5.75 Å². The van der Waals surface area contributed by atoms with Gasteiger partial charge in [-0.3, -0.25) is 9.59 Å². The van der Waals surface area contributed by atoms with Gasteiger partial charge in [0.15, 0.2) is 0 Å². The molecule has 1 aliphatic heterocycles. The summed E-state index contributed by atoms with van der Waals surface area (Å²) < 4.78 is 41.2. The van der Waals surface area contributed by atoms with Gasteiger partial charge in [0.05, 0.1) is 11.3 Å². The number of amides is 2. The Hall–Kier alpha value is -4.07. The Labute approximate surface area is 188 Å². The first-order valence-corrected chi connectivity index (χ1v) is 10.0. The lowest BCUT2D eigenvalue weighted by molar-refractivity contribution is -0.274. The van der Waals surface area contributed by atoms with Crippen molar-refractivity contribution in [2.75, 3.05) is 10.2 Å². The number of benzene rings is 3. The van der Waals surface area contributed by atoms with Crippen molar-refractivity contribution in [1.29, 1.82) is 0 Å². The number of carbonyl (C=O) groups is 2. The number of anilines is 2. The molecule has 0 aromatic heterocycles. The summed E-state index contributed by atoms with van der Waals surface area (Å²) in [7, 11) is 0. The summed E-state index contributed by atoms with van der Waals surface area (Å²) >= 11 is 0. The SMILES string of the molecule is Cc1ccc(N2C(=O)C(Nc3ccc(OC(F)(F)F)cc3)=C(c3ccccc3)C2=O)cc1C. The molecule has 0 unspecified atom stereocenters. The molecule has 1 aliphatic rings. The van der Waals surface area contributed by atoms with Gasteiger partial charge in [0, 0.05) is 5.69 Å². The Morgan fingerprint density at radius 2 is 1.48 bits per heavy atom.